The van der Waals surface area contributed by atoms with E-state index in [1.54, 1.807) is 12.0 Å². The number of quaternary nitrogens is 1. The number of aromatic nitrogens is 4. The molecule has 1 unspecified atom stereocenters. The van der Waals surface area contributed by atoms with Crippen LogP contribution in [0.2, 0.25) is 0 Å². The molecule has 1 aromatic rings. The van der Waals surface area contributed by atoms with Gasteiger partial charge in [-0.3, -0.25) is 0 Å². The normalized spacial score (nSPS) is 25.1. The van der Waals surface area contributed by atoms with Crippen molar-refractivity contribution in [2.45, 2.75) is 46.2 Å². The van der Waals surface area contributed by atoms with Gasteiger partial charge in [-0.15, -0.1) is 5.10 Å². The van der Waals surface area contributed by atoms with Crippen molar-refractivity contribution in [1.82, 2.24) is 20.2 Å². The molecule has 0 aromatic carbocycles. The van der Waals surface area contributed by atoms with Gasteiger partial charge in [0, 0.05) is 18.9 Å². The lowest BCUT2D eigenvalue weighted by Crippen LogP contribution is -3.14. The summed E-state index contributed by atoms with van der Waals surface area (Å²) in [5, 5.41) is 12.3. The molecule has 1 fully saturated rings. The molecule has 6 heteroatoms. The lowest BCUT2D eigenvalue weighted by molar-refractivity contribution is -0.944. The molecule has 0 spiro atoms. The number of hydrogen-bond acceptors (Lipinski definition) is 4. The summed E-state index contributed by atoms with van der Waals surface area (Å²) in [4.78, 5) is 1.63. The van der Waals surface area contributed by atoms with Crippen LogP contribution in [0.15, 0.2) is 0 Å². The third-order valence-corrected chi connectivity index (χ3v) is 4.26. The average molecular weight is 282 g/mol. The van der Waals surface area contributed by atoms with Gasteiger partial charge in [-0.25, -0.2) is 4.68 Å². The van der Waals surface area contributed by atoms with Crippen molar-refractivity contribution in [3.8, 4) is 0 Å². The fourth-order valence-electron chi connectivity index (χ4n) is 3.34. The summed E-state index contributed by atoms with van der Waals surface area (Å²) in [5.74, 6) is 2.34. The largest absolute Gasteiger partial charge is 0.383 e. The van der Waals surface area contributed by atoms with Crippen LogP contribution in [0.4, 0.5) is 0 Å². The van der Waals surface area contributed by atoms with Gasteiger partial charge in [0.2, 0.25) is 5.82 Å². The number of nitrogens with one attached hydrogen (secondary N) is 1. The van der Waals surface area contributed by atoms with Crippen LogP contribution in [0.25, 0.3) is 0 Å². The predicted molar refractivity (Wildman–Crippen MR) is 76.4 cm³/mol. The van der Waals surface area contributed by atoms with Gasteiger partial charge >= 0.3 is 0 Å². The van der Waals surface area contributed by atoms with Crippen molar-refractivity contribution in [3.63, 3.8) is 0 Å². The molecular weight excluding hydrogens is 254 g/mol. The molecule has 0 saturated carbocycles. The van der Waals surface area contributed by atoms with Crippen molar-refractivity contribution in [3.05, 3.63) is 5.82 Å². The number of rotatable bonds is 6. The minimum atomic E-state index is 0.379. The highest BCUT2D eigenvalue weighted by Gasteiger charge is 2.35. The first-order valence-corrected chi connectivity index (χ1v) is 7.73. The van der Waals surface area contributed by atoms with Crippen LogP contribution in [0, 0.1) is 11.8 Å². The highest BCUT2D eigenvalue weighted by atomic mass is 16.5. The third-order valence-electron chi connectivity index (χ3n) is 4.26. The molecule has 20 heavy (non-hydrogen) atoms. The van der Waals surface area contributed by atoms with E-state index in [9.17, 15) is 0 Å². The Morgan fingerprint density at radius 2 is 2.25 bits per heavy atom. The van der Waals surface area contributed by atoms with E-state index in [0.29, 0.717) is 18.6 Å². The predicted octanol–water partition coefficient (Wildman–Crippen LogP) is 0.331. The number of hydrogen-bond donors (Lipinski definition) is 1. The number of piperidine rings is 1. The molecule has 1 aliphatic rings. The lowest BCUT2D eigenvalue weighted by Gasteiger charge is -2.35. The Morgan fingerprint density at radius 3 is 2.90 bits per heavy atom. The van der Waals surface area contributed by atoms with E-state index in [4.69, 9.17) is 4.74 Å². The van der Waals surface area contributed by atoms with E-state index < -0.39 is 0 Å². The highest BCUT2D eigenvalue weighted by Crippen LogP contribution is 2.18. The second-order valence-corrected chi connectivity index (χ2v) is 6.33. The van der Waals surface area contributed by atoms with Gasteiger partial charge in [0.05, 0.1) is 26.2 Å². The third kappa shape index (κ3) is 3.55. The molecule has 1 saturated heterocycles. The maximum atomic E-state index is 5.15. The summed E-state index contributed by atoms with van der Waals surface area (Å²) in [7, 11) is 1.71. The summed E-state index contributed by atoms with van der Waals surface area (Å²) in [5.41, 5.74) is 0. The van der Waals surface area contributed by atoms with Gasteiger partial charge in [-0.1, -0.05) is 20.8 Å². The topological polar surface area (TPSA) is 57.3 Å². The van der Waals surface area contributed by atoms with Crippen molar-refractivity contribution in [2.24, 2.45) is 11.8 Å². The number of methoxy groups -OCH3 is 1. The molecule has 0 radical (unpaired) electrons. The maximum Gasteiger partial charge on any atom is 0.209 e. The van der Waals surface area contributed by atoms with Crippen LogP contribution < -0.4 is 4.90 Å². The number of nitrogens with zero attached hydrogens (tertiary/aromatic N) is 4. The van der Waals surface area contributed by atoms with Crippen LogP contribution in [-0.2, 0) is 11.3 Å². The summed E-state index contributed by atoms with van der Waals surface area (Å²) in [6, 6.07) is 0.379. The molecule has 0 aliphatic carbocycles. The van der Waals surface area contributed by atoms with Crippen LogP contribution in [0.1, 0.15) is 45.5 Å². The Labute approximate surface area is 121 Å². The molecular formula is C14H28N5O+. The van der Waals surface area contributed by atoms with Crippen molar-refractivity contribution < 1.29 is 9.64 Å². The lowest BCUT2D eigenvalue weighted by atomic mass is 9.94. The van der Waals surface area contributed by atoms with E-state index in [0.717, 1.165) is 18.3 Å². The van der Waals surface area contributed by atoms with Crippen LogP contribution >= 0.6 is 0 Å². The zero-order valence-electron chi connectivity index (χ0n) is 13.2. The maximum absolute atomic E-state index is 5.15. The molecule has 3 atom stereocenters. The van der Waals surface area contributed by atoms with Gasteiger partial charge < -0.3 is 9.64 Å². The van der Waals surface area contributed by atoms with E-state index in [1.165, 1.54) is 25.9 Å². The molecule has 1 aliphatic heterocycles. The fourth-order valence-corrected chi connectivity index (χ4v) is 3.34. The molecule has 1 N–H and O–H groups in total. The van der Waals surface area contributed by atoms with Gasteiger partial charge in [-0.05, 0) is 23.3 Å². The van der Waals surface area contributed by atoms with Crippen molar-refractivity contribution in [1.29, 1.82) is 0 Å². The highest BCUT2D eigenvalue weighted by molar-refractivity contribution is 4.89. The number of likely N-dealkylation sites (tertiary alicyclic amines) is 1. The monoisotopic (exact) mass is 282 g/mol. The molecule has 6 nitrogen and oxygen atoms in total. The first-order chi connectivity index (χ1) is 9.63. The number of ether oxygens (including phenoxy) is 1. The molecule has 2 heterocycles. The Morgan fingerprint density at radius 1 is 1.45 bits per heavy atom. The second-order valence-electron chi connectivity index (χ2n) is 6.33. The minimum Gasteiger partial charge on any atom is -0.383 e. The van der Waals surface area contributed by atoms with Crippen molar-refractivity contribution in [2.75, 3.05) is 26.8 Å². The van der Waals surface area contributed by atoms with E-state index in [-0.39, 0.29) is 0 Å². The summed E-state index contributed by atoms with van der Waals surface area (Å²) in [6.07, 6.45) is 2.66. The smallest absolute Gasteiger partial charge is 0.209 e. The first kappa shape index (κ1) is 15.4. The second kappa shape index (κ2) is 7.13. The average Bonchev–Trinajstić information content (AvgIpc) is 2.84. The zero-order chi connectivity index (χ0) is 14.5. The van der Waals surface area contributed by atoms with Gasteiger partial charge in [0.15, 0.2) is 6.04 Å². The van der Waals surface area contributed by atoms with E-state index in [1.807, 2.05) is 4.68 Å². The van der Waals surface area contributed by atoms with Crippen LogP contribution in [0.5, 0.6) is 0 Å². The Bertz CT molecular complexity index is 406. The van der Waals surface area contributed by atoms with Gasteiger partial charge in [0.25, 0.3) is 0 Å². The van der Waals surface area contributed by atoms with Gasteiger partial charge in [0.1, 0.15) is 0 Å². The SMILES string of the molecule is COCCn1nnnc1[C@@H](C(C)C)[NH+]1CCC[C@H](C)C1. The quantitative estimate of drug-likeness (QED) is 0.817. The van der Waals surface area contributed by atoms with E-state index >= 15 is 0 Å². The fraction of sp³-hybridized carbons (Fsp3) is 0.929. The van der Waals surface area contributed by atoms with Crippen LogP contribution in [0.3, 0.4) is 0 Å². The Hall–Kier alpha value is -1.01. The van der Waals surface area contributed by atoms with Crippen LogP contribution in [-0.4, -0.2) is 47.0 Å². The Balaban J connectivity index is 2.17. The first-order valence-electron chi connectivity index (χ1n) is 7.73. The molecule has 0 bridgehead atoms. The standard InChI is InChI=1S/C14H27N5O/c1-11(2)13(18-7-5-6-12(3)10-18)14-15-16-17-19(14)8-9-20-4/h11-13H,5-10H2,1-4H3/p+1/t12-,13+/m0/s1. The minimum absolute atomic E-state index is 0.379. The molecule has 1 aromatic heterocycles. The summed E-state index contributed by atoms with van der Waals surface area (Å²) >= 11 is 0. The number of tetrazole rings is 1. The Kier molecular flexibility index (Phi) is 5.48. The zero-order valence-corrected chi connectivity index (χ0v) is 13.2. The molecule has 0 amide bonds. The summed E-state index contributed by atoms with van der Waals surface area (Å²) < 4.78 is 7.07. The van der Waals surface area contributed by atoms with Gasteiger partial charge in [-0.2, -0.15) is 0 Å². The molecule has 114 valence electrons. The summed E-state index contributed by atoms with van der Waals surface area (Å²) in [6.45, 7) is 10.7. The van der Waals surface area contributed by atoms with E-state index in [2.05, 4.69) is 36.3 Å². The van der Waals surface area contributed by atoms with Crippen molar-refractivity contribution >= 4 is 0 Å². The molecule has 2 rings (SSSR count).